The third-order valence-electron chi connectivity index (χ3n) is 4.87. The highest BCUT2D eigenvalue weighted by Gasteiger charge is 2.42. The van der Waals surface area contributed by atoms with E-state index < -0.39 is 0 Å². The van der Waals surface area contributed by atoms with Crippen molar-refractivity contribution in [2.75, 3.05) is 26.4 Å². The minimum absolute atomic E-state index is 0.0530. The van der Waals surface area contributed by atoms with Gasteiger partial charge >= 0.3 is 0 Å². The molecule has 3 unspecified atom stereocenters. The minimum Gasteiger partial charge on any atom is -0.381 e. The molecule has 0 saturated carbocycles. The monoisotopic (exact) mass is 255 g/mol. The van der Waals surface area contributed by atoms with E-state index in [1.807, 2.05) is 0 Å². The molecule has 3 fully saturated rings. The van der Waals surface area contributed by atoms with Crippen LogP contribution in [0.1, 0.15) is 38.5 Å². The Morgan fingerprint density at radius 1 is 1.06 bits per heavy atom. The van der Waals surface area contributed by atoms with Gasteiger partial charge in [-0.25, -0.2) is 0 Å². The van der Waals surface area contributed by atoms with Crippen molar-refractivity contribution < 1.29 is 14.2 Å². The van der Waals surface area contributed by atoms with Crippen molar-refractivity contribution >= 4 is 0 Å². The van der Waals surface area contributed by atoms with E-state index in [0.717, 1.165) is 58.5 Å². The molecule has 4 nitrogen and oxygen atoms in total. The fourth-order valence-corrected chi connectivity index (χ4v) is 3.70. The van der Waals surface area contributed by atoms with Crippen molar-refractivity contribution in [3.63, 3.8) is 0 Å². The van der Waals surface area contributed by atoms with Crippen molar-refractivity contribution in [3.05, 3.63) is 0 Å². The smallest absolute Gasteiger partial charge is 0.0729 e. The molecular weight excluding hydrogens is 230 g/mol. The SMILES string of the molecule is NC(C1CCOC2(CCOCC2)C1)C1CCCO1. The molecule has 0 aliphatic carbocycles. The summed E-state index contributed by atoms with van der Waals surface area (Å²) in [5.74, 6) is 0.556. The number of nitrogens with two attached hydrogens (primary N) is 1. The molecule has 0 amide bonds. The molecule has 4 heteroatoms. The van der Waals surface area contributed by atoms with Crippen LogP contribution in [-0.2, 0) is 14.2 Å². The zero-order chi connectivity index (χ0) is 12.4. The van der Waals surface area contributed by atoms with Crippen LogP contribution in [0.15, 0.2) is 0 Å². The van der Waals surface area contributed by atoms with Crippen LogP contribution < -0.4 is 5.73 Å². The highest BCUT2D eigenvalue weighted by atomic mass is 16.5. The molecule has 0 aromatic heterocycles. The van der Waals surface area contributed by atoms with Gasteiger partial charge in [-0.1, -0.05) is 0 Å². The van der Waals surface area contributed by atoms with E-state index >= 15 is 0 Å². The van der Waals surface area contributed by atoms with Crippen LogP contribution in [0.5, 0.6) is 0 Å². The maximum Gasteiger partial charge on any atom is 0.0729 e. The first kappa shape index (κ1) is 12.9. The third-order valence-corrected chi connectivity index (χ3v) is 4.87. The molecule has 1 spiro atoms. The lowest BCUT2D eigenvalue weighted by molar-refractivity contribution is -0.152. The molecule has 3 aliphatic heterocycles. The van der Waals surface area contributed by atoms with Crippen LogP contribution in [0.25, 0.3) is 0 Å². The second kappa shape index (κ2) is 5.45. The van der Waals surface area contributed by atoms with Gasteiger partial charge in [0.25, 0.3) is 0 Å². The molecule has 3 heterocycles. The van der Waals surface area contributed by atoms with Crippen LogP contribution in [0.2, 0.25) is 0 Å². The van der Waals surface area contributed by atoms with Gasteiger partial charge in [0, 0.05) is 32.5 Å². The molecule has 2 N–H and O–H groups in total. The molecule has 0 bridgehead atoms. The predicted molar refractivity (Wildman–Crippen MR) is 68.4 cm³/mol. The number of rotatable bonds is 2. The number of ether oxygens (including phenoxy) is 3. The summed E-state index contributed by atoms with van der Waals surface area (Å²) in [5, 5.41) is 0. The molecule has 18 heavy (non-hydrogen) atoms. The van der Waals surface area contributed by atoms with E-state index in [2.05, 4.69) is 0 Å². The zero-order valence-corrected chi connectivity index (χ0v) is 11.1. The lowest BCUT2D eigenvalue weighted by Crippen LogP contribution is -2.51. The summed E-state index contributed by atoms with van der Waals surface area (Å²) >= 11 is 0. The molecule has 104 valence electrons. The second-order valence-corrected chi connectivity index (χ2v) is 6.03. The van der Waals surface area contributed by atoms with E-state index in [0.29, 0.717) is 5.92 Å². The Hall–Kier alpha value is -0.160. The lowest BCUT2D eigenvalue weighted by Gasteiger charge is -2.45. The average molecular weight is 255 g/mol. The van der Waals surface area contributed by atoms with Crippen LogP contribution in [0.4, 0.5) is 0 Å². The molecule has 0 aromatic carbocycles. The quantitative estimate of drug-likeness (QED) is 0.812. The Kier molecular flexibility index (Phi) is 3.89. The summed E-state index contributed by atoms with van der Waals surface area (Å²) in [7, 11) is 0. The van der Waals surface area contributed by atoms with Crippen molar-refractivity contribution in [1.29, 1.82) is 0 Å². The predicted octanol–water partition coefficient (Wildman–Crippen LogP) is 1.47. The average Bonchev–Trinajstić information content (AvgIpc) is 2.93. The first-order valence-electron chi connectivity index (χ1n) is 7.38. The summed E-state index contributed by atoms with van der Waals surface area (Å²) in [6.45, 7) is 3.41. The van der Waals surface area contributed by atoms with Crippen molar-refractivity contribution in [3.8, 4) is 0 Å². The molecule has 0 aromatic rings. The second-order valence-electron chi connectivity index (χ2n) is 6.03. The molecule has 3 rings (SSSR count). The van der Waals surface area contributed by atoms with Gasteiger partial charge in [-0.3, -0.25) is 0 Å². The normalized spacial score (nSPS) is 37.8. The van der Waals surface area contributed by atoms with E-state index in [4.69, 9.17) is 19.9 Å². The van der Waals surface area contributed by atoms with Crippen LogP contribution in [-0.4, -0.2) is 44.2 Å². The van der Waals surface area contributed by atoms with Gasteiger partial charge in [0.2, 0.25) is 0 Å². The Bertz CT molecular complexity index is 267. The largest absolute Gasteiger partial charge is 0.381 e. The molecule has 0 radical (unpaired) electrons. The van der Waals surface area contributed by atoms with Crippen molar-refractivity contribution in [2.24, 2.45) is 11.7 Å². The van der Waals surface area contributed by atoms with Crippen LogP contribution in [0, 0.1) is 5.92 Å². The van der Waals surface area contributed by atoms with Gasteiger partial charge in [-0.2, -0.15) is 0 Å². The highest BCUT2D eigenvalue weighted by molar-refractivity contribution is 4.94. The Labute approximate surface area is 109 Å². The fraction of sp³-hybridized carbons (Fsp3) is 1.00. The summed E-state index contributed by atoms with van der Waals surface area (Å²) in [4.78, 5) is 0. The Morgan fingerprint density at radius 2 is 1.89 bits per heavy atom. The minimum atomic E-state index is 0.0530. The van der Waals surface area contributed by atoms with E-state index in [-0.39, 0.29) is 17.7 Å². The van der Waals surface area contributed by atoms with Crippen LogP contribution >= 0.6 is 0 Å². The maximum absolute atomic E-state index is 6.43. The van der Waals surface area contributed by atoms with E-state index in [1.165, 1.54) is 6.42 Å². The Morgan fingerprint density at radius 3 is 2.61 bits per heavy atom. The van der Waals surface area contributed by atoms with Crippen molar-refractivity contribution in [1.82, 2.24) is 0 Å². The van der Waals surface area contributed by atoms with E-state index in [1.54, 1.807) is 0 Å². The number of hydrogen-bond donors (Lipinski definition) is 1. The summed E-state index contributed by atoms with van der Waals surface area (Å²) < 4.78 is 17.3. The topological polar surface area (TPSA) is 53.7 Å². The van der Waals surface area contributed by atoms with Crippen LogP contribution in [0.3, 0.4) is 0 Å². The first-order chi connectivity index (χ1) is 8.79. The third kappa shape index (κ3) is 2.57. The molecule has 3 atom stereocenters. The van der Waals surface area contributed by atoms with Gasteiger partial charge in [-0.15, -0.1) is 0 Å². The molecular formula is C14H25NO3. The lowest BCUT2D eigenvalue weighted by atomic mass is 9.76. The number of hydrogen-bond acceptors (Lipinski definition) is 4. The standard InChI is InChI=1S/C14H25NO3/c15-13(12-2-1-6-17-12)11-3-7-18-14(10-11)4-8-16-9-5-14/h11-13H,1-10,15H2. The molecule has 3 aliphatic rings. The first-order valence-corrected chi connectivity index (χ1v) is 7.38. The summed E-state index contributed by atoms with van der Waals surface area (Å²) in [5.41, 5.74) is 6.48. The maximum atomic E-state index is 6.43. The summed E-state index contributed by atoms with van der Waals surface area (Å²) in [6, 6.07) is 0.191. The van der Waals surface area contributed by atoms with Gasteiger partial charge in [0.15, 0.2) is 0 Å². The summed E-state index contributed by atoms with van der Waals surface area (Å²) in [6.07, 6.45) is 6.82. The van der Waals surface area contributed by atoms with Gasteiger partial charge in [-0.05, 0) is 44.4 Å². The van der Waals surface area contributed by atoms with Gasteiger partial charge in [0.05, 0.1) is 11.7 Å². The Balaban J connectivity index is 1.62. The zero-order valence-electron chi connectivity index (χ0n) is 11.1. The van der Waals surface area contributed by atoms with Gasteiger partial charge in [0.1, 0.15) is 0 Å². The van der Waals surface area contributed by atoms with Gasteiger partial charge < -0.3 is 19.9 Å². The molecule has 3 saturated heterocycles. The fourth-order valence-electron chi connectivity index (χ4n) is 3.70. The van der Waals surface area contributed by atoms with Crippen molar-refractivity contribution in [2.45, 2.75) is 56.3 Å². The highest BCUT2D eigenvalue weighted by Crippen LogP contribution is 2.39. The van der Waals surface area contributed by atoms with E-state index in [9.17, 15) is 0 Å².